The molecule has 0 aromatic carbocycles. The van der Waals surface area contributed by atoms with E-state index in [1.54, 1.807) is 11.9 Å². The topological polar surface area (TPSA) is 78.4 Å². The summed E-state index contributed by atoms with van der Waals surface area (Å²) in [7, 11) is 1.76. The Morgan fingerprint density at radius 1 is 1.44 bits per heavy atom. The van der Waals surface area contributed by atoms with Crippen molar-refractivity contribution < 1.29 is 9.90 Å². The summed E-state index contributed by atoms with van der Waals surface area (Å²) >= 11 is 1.27. The molecule has 3 atom stereocenters. The van der Waals surface area contributed by atoms with E-state index in [1.807, 2.05) is 0 Å². The number of nitrogens with zero attached hydrogens (tertiary/aromatic N) is 3. The molecular formula is C11H16N4O2S. The van der Waals surface area contributed by atoms with Crippen LogP contribution in [-0.4, -0.2) is 52.4 Å². The third kappa shape index (κ3) is 1.87. The van der Waals surface area contributed by atoms with Crippen molar-refractivity contribution in [2.24, 2.45) is 11.8 Å². The number of rotatable bonds is 2. The van der Waals surface area contributed by atoms with Crippen molar-refractivity contribution in [1.29, 1.82) is 0 Å². The summed E-state index contributed by atoms with van der Waals surface area (Å²) < 4.78 is 0. The van der Waals surface area contributed by atoms with E-state index in [0.29, 0.717) is 22.6 Å². The summed E-state index contributed by atoms with van der Waals surface area (Å²) in [5.41, 5.74) is 0. The van der Waals surface area contributed by atoms with Crippen LogP contribution in [0.3, 0.4) is 0 Å². The third-order valence-corrected chi connectivity index (χ3v) is 4.86. The number of aliphatic hydroxyl groups is 1. The van der Waals surface area contributed by atoms with E-state index < -0.39 is 0 Å². The van der Waals surface area contributed by atoms with E-state index in [2.05, 4.69) is 15.5 Å². The lowest BCUT2D eigenvalue weighted by atomic mass is 10.00. The summed E-state index contributed by atoms with van der Waals surface area (Å²) in [6, 6.07) is 0. The fourth-order valence-corrected chi connectivity index (χ4v) is 3.61. The van der Waals surface area contributed by atoms with Crippen LogP contribution in [0.2, 0.25) is 0 Å². The van der Waals surface area contributed by atoms with Crippen molar-refractivity contribution in [3.63, 3.8) is 0 Å². The highest BCUT2D eigenvalue weighted by atomic mass is 32.1. The number of carbonyl (C=O) groups excluding carboxylic acids is 1. The smallest absolute Gasteiger partial charge is 0.284 e. The number of amides is 1. The summed E-state index contributed by atoms with van der Waals surface area (Å²) in [5, 5.41) is 21.6. The van der Waals surface area contributed by atoms with E-state index in [4.69, 9.17) is 0 Å². The molecule has 1 saturated heterocycles. The van der Waals surface area contributed by atoms with Crippen molar-refractivity contribution in [1.82, 2.24) is 15.1 Å². The molecule has 2 heterocycles. The second kappa shape index (κ2) is 4.47. The Balaban J connectivity index is 1.71. The summed E-state index contributed by atoms with van der Waals surface area (Å²) in [6.45, 7) is 1.40. The molecule has 6 nitrogen and oxygen atoms in total. The first-order valence-electron chi connectivity index (χ1n) is 6.17. The van der Waals surface area contributed by atoms with Gasteiger partial charge in [0, 0.05) is 26.1 Å². The van der Waals surface area contributed by atoms with Crippen LogP contribution in [0.25, 0.3) is 0 Å². The predicted octanol–water partition coefficient (Wildman–Crippen LogP) is 0.423. The Labute approximate surface area is 109 Å². The van der Waals surface area contributed by atoms with Gasteiger partial charge < -0.3 is 15.3 Å². The van der Waals surface area contributed by atoms with Gasteiger partial charge in [0.1, 0.15) is 0 Å². The maximum Gasteiger partial charge on any atom is 0.284 e. The standard InChI is InChI=1S/C11H16N4O2S/c1-12-11-14-13-9(18-11)10(17)15-4-6-2-3-8(16)7(6)5-15/h6-8,16H,2-5H2,1H3,(H,12,14). The molecule has 0 bridgehead atoms. The first-order valence-corrected chi connectivity index (χ1v) is 6.99. The van der Waals surface area contributed by atoms with Crippen molar-refractivity contribution in [3.05, 3.63) is 5.01 Å². The molecule has 1 aliphatic carbocycles. The van der Waals surface area contributed by atoms with Gasteiger partial charge in [-0.05, 0) is 18.8 Å². The SMILES string of the molecule is CNc1nnc(C(=O)N2CC3CCC(O)C3C2)s1. The summed E-state index contributed by atoms with van der Waals surface area (Å²) in [5.74, 6) is 0.655. The molecule has 1 aromatic heterocycles. The normalized spacial score (nSPS) is 30.6. The van der Waals surface area contributed by atoms with Gasteiger partial charge in [-0.25, -0.2) is 0 Å². The number of hydrogen-bond donors (Lipinski definition) is 2. The first kappa shape index (κ1) is 11.9. The van der Waals surface area contributed by atoms with E-state index in [9.17, 15) is 9.90 Å². The molecule has 98 valence electrons. The van der Waals surface area contributed by atoms with Crippen LogP contribution in [0.4, 0.5) is 5.13 Å². The molecule has 0 spiro atoms. The Morgan fingerprint density at radius 3 is 2.94 bits per heavy atom. The largest absolute Gasteiger partial charge is 0.393 e. The van der Waals surface area contributed by atoms with Crippen LogP contribution in [0.15, 0.2) is 0 Å². The fourth-order valence-electron chi connectivity index (χ4n) is 2.95. The van der Waals surface area contributed by atoms with Gasteiger partial charge in [0.2, 0.25) is 10.1 Å². The van der Waals surface area contributed by atoms with Gasteiger partial charge in [-0.2, -0.15) is 0 Å². The minimum absolute atomic E-state index is 0.0596. The number of aliphatic hydroxyl groups excluding tert-OH is 1. The minimum atomic E-state index is -0.241. The lowest BCUT2D eigenvalue weighted by Gasteiger charge is -2.16. The van der Waals surface area contributed by atoms with Gasteiger partial charge >= 0.3 is 0 Å². The van der Waals surface area contributed by atoms with E-state index in [0.717, 1.165) is 19.4 Å². The molecular weight excluding hydrogens is 252 g/mol. The number of likely N-dealkylation sites (tertiary alicyclic amines) is 1. The van der Waals surface area contributed by atoms with E-state index >= 15 is 0 Å². The lowest BCUT2D eigenvalue weighted by molar-refractivity contribution is 0.0751. The van der Waals surface area contributed by atoms with Crippen LogP contribution in [-0.2, 0) is 0 Å². The van der Waals surface area contributed by atoms with Crippen molar-refractivity contribution >= 4 is 22.4 Å². The molecule has 2 N–H and O–H groups in total. The number of anilines is 1. The van der Waals surface area contributed by atoms with E-state index in [1.165, 1.54) is 11.3 Å². The molecule has 1 aromatic rings. The number of fused-ring (bicyclic) bond motifs is 1. The van der Waals surface area contributed by atoms with Crippen LogP contribution in [0.5, 0.6) is 0 Å². The maximum absolute atomic E-state index is 12.2. The average molecular weight is 268 g/mol. The Morgan fingerprint density at radius 2 is 2.28 bits per heavy atom. The molecule has 18 heavy (non-hydrogen) atoms. The molecule has 1 aliphatic heterocycles. The second-order valence-electron chi connectivity index (χ2n) is 4.94. The first-order chi connectivity index (χ1) is 8.69. The predicted molar refractivity (Wildman–Crippen MR) is 67.6 cm³/mol. The molecule has 2 fully saturated rings. The van der Waals surface area contributed by atoms with Crippen LogP contribution in [0.1, 0.15) is 22.6 Å². The summed E-state index contributed by atoms with van der Waals surface area (Å²) in [6.07, 6.45) is 1.66. The van der Waals surface area contributed by atoms with Gasteiger partial charge in [-0.1, -0.05) is 11.3 Å². The minimum Gasteiger partial charge on any atom is -0.393 e. The van der Waals surface area contributed by atoms with Crippen LogP contribution in [0, 0.1) is 11.8 Å². The van der Waals surface area contributed by atoms with Gasteiger partial charge in [0.05, 0.1) is 6.10 Å². The number of aromatic nitrogens is 2. The van der Waals surface area contributed by atoms with Gasteiger partial charge in [-0.3, -0.25) is 4.79 Å². The number of hydrogen-bond acceptors (Lipinski definition) is 6. The van der Waals surface area contributed by atoms with Crippen LogP contribution >= 0.6 is 11.3 Å². The molecule has 2 aliphatic rings. The molecule has 1 amide bonds. The highest BCUT2D eigenvalue weighted by Crippen LogP contribution is 2.38. The van der Waals surface area contributed by atoms with Crippen molar-refractivity contribution in [2.75, 3.05) is 25.5 Å². The average Bonchev–Trinajstić information content (AvgIpc) is 3.06. The molecule has 7 heteroatoms. The van der Waals surface area contributed by atoms with Gasteiger partial charge in [0.25, 0.3) is 5.91 Å². The lowest BCUT2D eigenvalue weighted by Crippen LogP contribution is -2.31. The molecule has 3 unspecified atom stereocenters. The third-order valence-electron chi connectivity index (χ3n) is 3.93. The fraction of sp³-hybridized carbons (Fsp3) is 0.727. The second-order valence-corrected chi connectivity index (χ2v) is 5.92. The zero-order valence-corrected chi connectivity index (χ0v) is 11.0. The maximum atomic E-state index is 12.2. The molecule has 0 radical (unpaired) electrons. The van der Waals surface area contributed by atoms with Gasteiger partial charge in [-0.15, -0.1) is 10.2 Å². The number of nitrogens with one attached hydrogen (secondary N) is 1. The monoisotopic (exact) mass is 268 g/mol. The number of carbonyl (C=O) groups is 1. The Bertz CT molecular complexity index is 464. The van der Waals surface area contributed by atoms with Crippen LogP contribution < -0.4 is 5.32 Å². The van der Waals surface area contributed by atoms with Crippen molar-refractivity contribution in [2.45, 2.75) is 18.9 Å². The Kier molecular flexibility index (Phi) is 2.95. The Hall–Kier alpha value is -1.21. The van der Waals surface area contributed by atoms with Gasteiger partial charge in [0.15, 0.2) is 0 Å². The van der Waals surface area contributed by atoms with E-state index in [-0.39, 0.29) is 17.9 Å². The molecule has 3 rings (SSSR count). The highest BCUT2D eigenvalue weighted by Gasteiger charge is 2.43. The quantitative estimate of drug-likeness (QED) is 0.813. The summed E-state index contributed by atoms with van der Waals surface area (Å²) in [4.78, 5) is 14.0. The highest BCUT2D eigenvalue weighted by molar-refractivity contribution is 7.17. The zero-order valence-electron chi connectivity index (χ0n) is 10.2. The van der Waals surface area contributed by atoms with Crippen molar-refractivity contribution in [3.8, 4) is 0 Å². The zero-order chi connectivity index (χ0) is 12.7. The molecule has 1 saturated carbocycles.